The maximum absolute atomic E-state index is 4.62. The van der Waals surface area contributed by atoms with Crippen LogP contribution in [0.2, 0.25) is 0 Å². The van der Waals surface area contributed by atoms with Gasteiger partial charge in [-0.25, -0.2) is 0 Å². The van der Waals surface area contributed by atoms with Gasteiger partial charge in [-0.2, -0.15) is 5.10 Å². The molecule has 0 aliphatic rings. The van der Waals surface area contributed by atoms with Crippen LogP contribution in [-0.4, -0.2) is 28.3 Å². The number of rotatable bonds is 6. The van der Waals surface area contributed by atoms with Crippen LogP contribution in [0.15, 0.2) is 4.47 Å². The number of hydrogen-bond acceptors (Lipinski definition) is 2. The highest BCUT2D eigenvalue weighted by molar-refractivity contribution is 9.10. The van der Waals surface area contributed by atoms with Crippen molar-refractivity contribution in [1.29, 1.82) is 0 Å². The van der Waals surface area contributed by atoms with Crippen LogP contribution >= 0.6 is 15.9 Å². The van der Waals surface area contributed by atoms with Gasteiger partial charge in [-0.3, -0.25) is 4.68 Å². The quantitative estimate of drug-likeness (QED) is 0.804. The Morgan fingerprint density at radius 2 is 2.00 bits per heavy atom. The fourth-order valence-electron chi connectivity index (χ4n) is 2.11. The Morgan fingerprint density at radius 3 is 2.47 bits per heavy atom. The normalized spacial score (nSPS) is 11.8. The van der Waals surface area contributed by atoms with Gasteiger partial charge in [0.1, 0.15) is 0 Å². The van der Waals surface area contributed by atoms with Crippen LogP contribution in [0.25, 0.3) is 0 Å². The molecule has 17 heavy (non-hydrogen) atoms. The Bertz CT molecular complexity index is 358. The summed E-state index contributed by atoms with van der Waals surface area (Å²) in [7, 11) is 2.17. The summed E-state index contributed by atoms with van der Waals surface area (Å²) >= 11 is 3.69. The zero-order chi connectivity index (χ0) is 13.0. The second-order valence-corrected chi connectivity index (χ2v) is 5.76. The van der Waals surface area contributed by atoms with E-state index in [2.05, 4.69) is 65.4 Å². The number of aryl methyl sites for hydroxylation is 2. The zero-order valence-corrected chi connectivity index (χ0v) is 13.2. The molecule has 1 heterocycles. The van der Waals surface area contributed by atoms with Crippen LogP contribution in [0, 0.1) is 5.92 Å². The molecule has 0 amide bonds. The second-order valence-electron chi connectivity index (χ2n) is 4.97. The summed E-state index contributed by atoms with van der Waals surface area (Å²) in [5.41, 5.74) is 2.47. The lowest BCUT2D eigenvalue weighted by molar-refractivity contribution is 0.279. The molecule has 98 valence electrons. The van der Waals surface area contributed by atoms with Gasteiger partial charge in [0.15, 0.2) is 0 Å². The predicted molar refractivity (Wildman–Crippen MR) is 76.2 cm³/mol. The van der Waals surface area contributed by atoms with E-state index in [1.807, 2.05) is 0 Å². The molecule has 0 fully saturated rings. The summed E-state index contributed by atoms with van der Waals surface area (Å²) in [6.07, 6.45) is 0.981. The van der Waals surface area contributed by atoms with Crippen molar-refractivity contribution in [1.82, 2.24) is 14.7 Å². The Labute approximate surface area is 113 Å². The first kappa shape index (κ1) is 14.7. The Kier molecular flexibility index (Phi) is 5.67. The maximum atomic E-state index is 4.62. The van der Waals surface area contributed by atoms with Gasteiger partial charge >= 0.3 is 0 Å². The van der Waals surface area contributed by atoms with E-state index in [1.54, 1.807) is 0 Å². The average molecular weight is 302 g/mol. The number of halogens is 1. The van der Waals surface area contributed by atoms with Crippen LogP contribution in [0.1, 0.15) is 39.1 Å². The molecule has 0 unspecified atom stereocenters. The summed E-state index contributed by atoms with van der Waals surface area (Å²) in [5.74, 6) is 0.697. The molecule has 3 nitrogen and oxygen atoms in total. The molecule has 1 aromatic rings. The molecule has 0 atom stereocenters. The highest BCUT2D eigenvalue weighted by Crippen LogP contribution is 2.23. The first-order valence-corrected chi connectivity index (χ1v) is 7.21. The Balaban J connectivity index is 2.85. The monoisotopic (exact) mass is 301 g/mol. The van der Waals surface area contributed by atoms with Crippen LogP contribution in [-0.2, 0) is 19.5 Å². The lowest BCUT2D eigenvalue weighted by Crippen LogP contribution is -2.24. The van der Waals surface area contributed by atoms with E-state index in [-0.39, 0.29) is 0 Å². The topological polar surface area (TPSA) is 21.1 Å². The summed E-state index contributed by atoms with van der Waals surface area (Å²) in [6, 6.07) is 0. The van der Waals surface area contributed by atoms with Crippen molar-refractivity contribution in [2.24, 2.45) is 5.92 Å². The van der Waals surface area contributed by atoms with Crippen LogP contribution in [0.4, 0.5) is 0 Å². The molecule has 0 saturated heterocycles. The summed E-state index contributed by atoms with van der Waals surface area (Å²) in [4.78, 5) is 2.36. The van der Waals surface area contributed by atoms with E-state index >= 15 is 0 Å². The molecule has 0 N–H and O–H groups in total. The molecule has 1 rings (SSSR count). The van der Waals surface area contributed by atoms with Gasteiger partial charge < -0.3 is 4.90 Å². The fourth-order valence-corrected chi connectivity index (χ4v) is 2.80. The van der Waals surface area contributed by atoms with Crippen molar-refractivity contribution < 1.29 is 0 Å². The molecule has 0 aromatic carbocycles. The van der Waals surface area contributed by atoms with E-state index in [0.29, 0.717) is 5.92 Å². The van der Waals surface area contributed by atoms with Gasteiger partial charge in [0, 0.05) is 19.6 Å². The molecule has 0 aliphatic carbocycles. The van der Waals surface area contributed by atoms with E-state index in [0.717, 1.165) is 26.1 Å². The van der Waals surface area contributed by atoms with E-state index in [9.17, 15) is 0 Å². The van der Waals surface area contributed by atoms with Crippen LogP contribution < -0.4 is 0 Å². The van der Waals surface area contributed by atoms with Crippen LogP contribution in [0.5, 0.6) is 0 Å². The molecular formula is C13H24BrN3. The third-order valence-corrected chi connectivity index (χ3v) is 3.71. The molecule has 0 aliphatic heterocycles. The van der Waals surface area contributed by atoms with Gasteiger partial charge in [-0.15, -0.1) is 0 Å². The SMILES string of the molecule is CCc1nn(CC)c(CN(C)CC(C)C)c1Br. The minimum Gasteiger partial charge on any atom is -0.300 e. The minimum absolute atomic E-state index is 0.697. The van der Waals surface area contributed by atoms with Gasteiger partial charge in [-0.05, 0) is 42.2 Å². The third-order valence-electron chi connectivity index (χ3n) is 2.79. The zero-order valence-electron chi connectivity index (χ0n) is 11.6. The van der Waals surface area contributed by atoms with Gasteiger partial charge in [0.25, 0.3) is 0 Å². The predicted octanol–water partition coefficient (Wildman–Crippen LogP) is 3.32. The standard InChI is InChI=1S/C13H24BrN3/c1-6-11-13(14)12(17(7-2)15-11)9-16(5)8-10(3)4/h10H,6-9H2,1-5H3. The largest absolute Gasteiger partial charge is 0.300 e. The molecule has 0 saturated carbocycles. The lowest BCUT2D eigenvalue weighted by atomic mass is 10.2. The van der Waals surface area contributed by atoms with Crippen molar-refractivity contribution in [3.63, 3.8) is 0 Å². The highest BCUT2D eigenvalue weighted by atomic mass is 79.9. The molecular weight excluding hydrogens is 278 g/mol. The smallest absolute Gasteiger partial charge is 0.0767 e. The van der Waals surface area contributed by atoms with Crippen molar-refractivity contribution in [2.75, 3.05) is 13.6 Å². The third kappa shape index (κ3) is 3.81. The summed E-state index contributed by atoms with van der Waals surface area (Å²) in [6.45, 7) is 11.8. The molecule has 0 bridgehead atoms. The van der Waals surface area contributed by atoms with Crippen LogP contribution in [0.3, 0.4) is 0 Å². The average Bonchev–Trinajstić information content (AvgIpc) is 2.55. The summed E-state index contributed by atoms with van der Waals surface area (Å²) < 4.78 is 3.30. The Morgan fingerprint density at radius 1 is 1.35 bits per heavy atom. The first-order valence-electron chi connectivity index (χ1n) is 6.42. The minimum atomic E-state index is 0.697. The van der Waals surface area contributed by atoms with E-state index in [1.165, 1.54) is 15.9 Å². The molecule has 1 aromatic heterocycles. The summed E-state index contributed by atoms with van der Waals surface area (Å²) in [5, 5.41) is 4.62. The van der Waals surface area contributed by atoms with Crippen molar-refractivity contribution in [3.05, 3.63) is 15.9 Å². The van der Waals surface area contributed by atoms with E-state index < -0.39 is 0 Å². The molecule has 0 radical (unpaired) electrons. The second kappa shape index (κ2) is 6.55. The van der Waals surface area contributed by atoms with Gasteiger partial charge in [0.05, 0.1) is 15.9 Å². The Hall–Kier alpha value is -0.350. The van der Waals surface area contributed by atoms with E-state index in [4.69, 9.17) is 0 Å². The number of nitrogens with zero attached hydrogens (tertiary/aromatic N) is 3. The highest BCUT2D eigenvalue weighted by Gasteiger charge is 2.15. The first-order chi connectivity index (χ1) is 7.99. The van der Waals surface area contributed by atoms with Crippen molar-refractivity contribution in [2.45, 2.75) is 47.2 Å². The molecule has 4 heteroatoms. The van der Waals surface area contributed by atoms with Crippen molar-refractivity contribution >= 4 is 15.9 Å². The number of hydrogen-bond donors (Lipinski definition) is 0. The van der Waals surface area contributed by atoms with Gasteiger partial charge in [-0.1, -0.05) is 20.8 Å². The van der Waals surface area contributed by atoms with Gasteiger partial charge in [0.2, 0.25) is 0 Å². The lowest BCUT2D eigenvalue weighted by Gasteiger charge is -2.19. The fraction of sp³-hybridized carbons (Fsp3) is 0.769. The number of aromatic nitrogens is 2. The maximum Gasteiger partial charge on any atom is 0.0767 e. The van der Waals surface area contributed by atoms with Crippen molar-refractivity contribution in [3.8, 4) is 0 Å². The molecule has 0 spiro atoms.